The summed E-state index contributed by atoms with van der Waals surface area (Å²) in [6.07, 6.45) is 1.18. The van der Waals surface area contributed by atoms with Crippen molar-refractivity contribution in [3.63, 3.8) is 0 Å². The Bertz CT molecular complexity index is 574. The van der Waals surface area contributed by atoms with Crippen LogP contribution in [0.25, 0.3) is 0 Å². The Kier molecular flexibility index (Phi) is 4.82. The smallest absolute Gasteiger partial charge is 0.303 e. The Labute approximate surface area is 123 Å². The van der Waals surface area contributed by atoms with E-state index in [-0.39, 0.29) is 23.8 Å². The molecule has 2 aromatic carbocycles. The van der Waals surface area contributed by atoms with Crippen LogP contribution in [0.15, 0.2) is 48.5 Å². The highest BCUT2D eigenvalue weighted by Gasteiger charge is 2.15. The van der Waals surface area contributed by atoms with Gasteiger partial charge in [0.1, 0.15) is 11.5 Å². The van der Waals surface area contributed by atoms with Crippen LogP contribution in [-0.4, -0.2) is 21.3 Å². The number of carboxylic acids is 1. The van der Waals surface area contributed by atoms with E-state index in [4.69, 9.17) is 5.11 Å². The molecule has 0 radical (unpaired) electrons. The predicted octanol–water partition coefficient (Wildman–Crippen LogP) is 2.97. The third kappa shape index (κ3) is 4.84. The van der Waals surface area contributed by atoms with Gasteiger partial charge in [-0.3, -0.25) is 4.79 Å². The second-order valence-corrected chi connectivity index (χ2v) is 5.21. The maximum Gasteiger partial charge on any atom is 0.303 e. The Morgan fingerprint density at radius 3 is 1.76 bits per heavy atom. The standard InChI is InChI=1S/C17H18O4/c18-15-5-1-3-12(9-15)7-14(11-17(20)21)8-13-4-2-6-16(19)10-13/h1-6,9-10,14,18-19H,7-8,11H2,(H,20,21). The van der Waals surface area contributed by atoms with Crippen molar-refractivity contribution >= 4 is 5.97 Å². The zero-order valence-corrected chi connectivity index (χ0v) is 11.6. The molecule has 0 amide bonds. The molecule has 0 aliphatic rings. The van der Waals surface area contributed by atoms with Gasteiger partial charge in [-0.05, 0) is 54.2 Å². The van der Waals surface area contributed by atoms with E-state index < -0.39 is 5.97 Å². The summed E-state index contributed by atoms with van der Waals surface area (Å²) >= 11 is 0. The molecule has 0 saturated carbocycles. The number of aliphatic carboxylic acids is 1. The molecule has 0 fully saturated rings. The molecular formula is C17H18O4. The number of phenolic OH excluding ortho intramolecular Hbond substituents is 2. The van der Waals surface area contributed by atoms with Crippen molar-refractivity contribution < 1.29 is 20.1 Å². The summed E-state index contributed by atoms with van der Waals surface area (Å²) in [4.78, 5) is 11.0. The van der Waals surface area contributed by atoms with Crippen LogP contribution >= 0.6 is 0 Å². The van der Waals surface area contributed by atoms with Gasteiger partial charge in [0.25, 0.3) is 0 Å². The molecule has 2 aromatic rings. The zero-order chi connectivity index (χ0) is 15.2. The molecular weight excluding hydrogens is 268 g/mol. The van der Waals surface area contributed by atoms with Gasteiger partial charge in [-0.1, -0.05) is 24.3 Å². The van der Waals surface area contributed by atoms with Gasteiger partial charge in [0, 0.05) is 6.42 Å². The quantitative estimate of drug-likeness (QED) is 0.763. The van der Waals surface area contributed by atoms with Gasteiger partial charge in [-0.2, -0.15) is 0 Å². The number of carboxylic acid groups (broad SMARTS) is 1. The molecule has 0 bridgehead atoms. The van der Waals surface area contributed by atoms with Crippen molar-refractivity contribution in [3.8, 4) is 11.5 Å². The number of aromatic hydroxyl groups is 2. The van der Waals surface area contributed by atoms with E-state index in [1.807, 2.05) is 12.1 Å². The van der Waals surface area contributed by atoms with Crippen molar-refractivity contribution in [1.82, 2.24) is 0 Å². The minimum Gasteiger partial charge on any atom is -0.508 e. The molecule has 0 saturated heterocycles. The Morgan fingerprint density at radius 1 is 0.905 bits per heavy atom. The van der Waals surface area contributed by atoms with Crippen LogP contribution < -0.4 is 0 Å². The van der Waals surface area contributed by atoms with E-state index in [1.165, 1.54) is 0 Å². The number of hydrogen-bond acceptors (Lipinski definition) is 3. The molecule has 2 rings (SSSR count). The minimum atomic E-state index is -0.847. The summed E-state index contributed by atoms with van der Waals surface area (Å²) in [7, 11) is 0. The van der Waals surface area contributed by atoms with E-state index >= 15 is 0 Å². The highest BCUT2D eigenvalue weighted by Crippen LogP contribution is 2.22. The summed E-state index contributed by atoms with van der Waals surface area (Å²) in [6.45, 7) is 0. The third-order valence-electron chi connectivity index (χ3n) is 3.33. The summed E-state index contributed by atoms with van der Waals surface area (Å²) in [5, 5.41) is 28.0. The van der Waals surface area contributed by atoms with E-state index in [9.17, 15) is 15.0 Å². The van der Waals surface area contributed by atoms with E-state index in [0.29, 0.717) is 12.8 Å². The lowest BCUT2D eigenvalue weighted by Gasteiger charge is -2.15. The second-order valence-electron chi connectivity index (χ2n) is 5.21. The molecule has 0 unspecified atom stereocenters. The first kappa shape index (κ1) is 14.9. The topological polar surface area (TPSA) is 77.8 Å². The average Bonchev–Trinajstić information content (AvgIpc) is 2.37. The number of rotatable bonds is 6. The predicted molar refractivity (Wildman–Crippen MR) is 79.4 cm³/mol. The molecule has 0 atom stereocenters. The molecule has 4 heteroatoms. The first-order chi connectivity index (χ1) is 10.0. The number of benzene rings is 2. The molecule has 0 spiro atoms. The van der Waals surface area contributed by atoms with Crippen LogP contribution in [0.5, 0.6) is 11.5 Å². The Balaban J connectivity index is 2.12. The average molecular weight is 286 g/mol. The maximum atomic E-state index is 11.0. The molecule has 0 aliphatic heterocycles. The SMILES string of the molecule is O=C(O)CC(Cc1cccc(O)c1)Cc1cccc(O)c1. The Hall–Kier alpha value is -2.49. The van der Waals surface area contributed by atoms with Gasteiger partial charge in [0.05, 0.1) is 0 Å². The first-order valence-electron chi connectivity index (χ1n) is 6.80. The first-order valence-corrected chi connectivity index (χ1v) is 6.80. The largest absolute Gasteiger partial charge is 0.508 e. The van der Waals surface area contributed by atoms with Gasteiger partial charge in [0.2, 0.25) is 0 Å². The van der Waals surface area contributed by atoms with E-state index in [2.05, 4.69) is 0 Å². The summed E-state index contributed by atoms with van der Waals surface area (Å²) in [6, 6.07) is 13.7. The number of phenols is 2. The van der Waals surface area contributed by atoms with Crippen molar-refractivity contribution in [1.29, 1.82) is 0 Å². The van der Waals surface area contributed by atoms with Crippen molar-refractivity contribution in [2.24, 2.45) is 5.92 Å². The van der Waals surface area contributed by atoms with Crippen LogP contribution in [-0.2, 0) is 17.6 Å². The molecule has 110 valence electrons. The van der Waals surface area contributed by atoms with Crippen molar-refractivity contribution in [2.45, 2.75) is 19.3 Å². The molecule has 0 aromatic heterocycles. The van der Waals surface area contributed by atoms with Crippen molar-refractivity contribution in [2.75, 3.05) is 0 Å². The highest BCUT2D eigenvalue weighted by atomic mass is 16.4. The molecule has 4 nitrogen and oxygen atoms in total. The number of hydrogen-bond donors (Lipinski definition) is 3. The lowest BCUT2D eigenvalue weighted by atomic mass is 9.90. The van der Waals surface area contributed by atoms with Crippen LogP contribution in [0, 0.1) is 5.92 Å². The molecule has 0 aliphatic carbocycles. The van der Waals surface area contributed by atoms with Gasteiger partial charge in [0.15, 0.2) is 0 Å². The normalized spacial score (nSPS) is 10.7. The fourth-order valence-corrected chi connectivity index (χ4v) is 2.50. The van der Waals surface area contributed by atoms with Crippen LogP contribution in [0.3, 0.4) is 0 Å². The number of carbonyl (C=O) groups is 1. The summed E-state index contributed by atoms with van der Waals surface area (Å²) in [5.74, 6) is -0.579. The lowest BCUT2D eigenvalue weighted by molar-refractivity contribution is -0.138. The molecule has 0 heterocycles. The van der Waals surface area contributed by atoms with Crippen LogP contribution in [0.2, 0.25) is 0 Å². The third-order valence-corrected chi connectivity index (χ3v) is 3.33. The molecule has 21 heavy (non-hydrogen) atoms. The fourth-order valence-electron chi connectivity index (χ4n) is 2.50. The fraction of sp³-hybridized carbons (Fsp3) is 0.235. The lowest BCUT2D eigenvalue weighted by Crippen LogP contribution is -2.13. The molecule has 3 N–H and O–H groups in total. The highest BCUT2D eigenvalue weighted by molar-refractivity contribution is 5.67. The van der Waals surface area contributed by atoms with Crippen LogP contribution in [0.1, 0.15) is 17.5 Å². The summed E-state index contributed by atoms with van der Waals surface area (Å²) in [5.41, 5.74) is 1.81. The van der Waals surface area contributed by atoms with E-state index in [0.717, 1.165) is 11.1 Å². The van der Waals surface area contributed by atoms with E-state index in [1.54, 1.807) is 36.4 Å². The van der Waals surface area contributed by atoms with Gasteiger partial charge in [-0.15, -0.1) is 0 Å². The van der Waals surface area contributed by atoms with Gasteiger partial charge in [-0.25, -0.2) is 0 Å². The Morgan fingerprint density at radius 2 is 1.38 bits per heavy atom. The monoisotopic (exact) mass is 286 g/mol. The van der Waals surface area contributed by atoms with Gasteiger partial charge >= 0.3 is 5.97 Å². The summed E-state index contributed by atoms with van der Waals surface area (Å²) < 4.78 is 0. The zero-order valence-electron chi connectivity index (χ0n) is 11.6. The minimum absolute atomic E-state index is 0.0469. The van der Waals surface area contributed by atoms with Crippen molar-refractivity contribution in [3.05, 3.63) is 59.7 Å². The van der Waals surface area contributed by atoms with Crippen LogP contribution in [0.4, 0.5) is 0 Å². The second kappa shape index (κ2) is 6.79. The van der Waals surface area contributed by atoms with Gasteiger partial charge < -0.3 is 15.3 Å². The maximum absolute atomic E-state index is 11.0.